The minimum Gasteiger partial charge on any atom is -0.325 e. The normalized spacial score (nSPS) is 20.1. The van der Waals surface area contributed by atoms with Gasteiger partial charge in [0.05, 0.1) is 16.8 Å². The number of rotatable bonds is 0. The standard InChI is InChI=1S/C9H8ClNOS.ClH/c10-8-5-9(12)11-6-3-1-2-4-7(6)13-8;/h1-4,8H,5H2,(H,11,12);1H. The third-order valence-electron chi connectivity index (χ3n) is 1.76. The largest absolute Gasteiger partial charge is 0.325 e. The van der Waals surface area contributed by atoms with Gasteiger partial charge >= 0.3 is 0 Å². The molecule has 1 N–H and O–H groups in total. The summed E-state index contributed by atoms with van der Waals surface area (Å²) in [7, 11) is 0. The van der Waals surface area contributed by atoms with Crippen LogP contribution < -0.4 is 5.32 Å². The van der Waals surface area contributed by atoms with Crippen molar-refractivity contribution >= 4 is 47.4 Å². The lowest BCUT2D eigenvalue weighted by Crippen LogP contribution is -2.12. The summed E-state index contributed by atoms with van der Waals surface area (Å²) in [6, 6.07) is 7.68. The molecule has 1 heterocycles. The minimum absolute atomic E-state index is 0. The first-order valence-electron chi connectivity index (χ1n) is 3.95. The van der Waals surface area contributed by atoms with Crippen LogP contribution in [-0.4, -0.2) is 10.6 Å². The molecule has 0 spiro atoms. The van der Waals surface area contributed by atoms with Crippen LogP contribution in [0.5, 0.6) is 0 Å². The number of thioether (sulfide) groups is 1. The predicted molar refractivity (Wildman–Crippen MR) is 62.4 cm³/mol. The van der Waals surface area contributed by atoms with E-state index in [1.807, 2.05) is 24.3 Å². The zero-order chi connectivity index (χ0) is 9.26. The summed E-state index contributed by atoms with van der Waals surface area (Å²) in [5, 5.41) is 2.81. The third-order valence-corrected chi connectivity index (χ3v) is 3.22. The molecule has 76 valence electrons. The smallest absolute Gasteiger partial charge is 0.226 e. The molecule has 1 amide bonds. The van der Waals surface area contributed by atoms with Crippen LogP contribution in [0, 0.1) is 0 Å². The monoisotopic (exact) mass is 249 g/mol. The average molecular weight is 250 g/mol. The maximum Gasteiger partial charge on any atom is 0.226 e. The first-order valence-corrected chi connectivity index (χ1v) is 5.27. The van der Waals surface area contributed by atoms with Gasteiger partial charge in [0.15, 0.2) is 0 Å². The van der Waals surface area contributed by atoms with E-state index in [0.29, 0.717) is 6.42 Å². The third kappa shape index (κ3) is 2.56. The van der Waals surface area contributed by atoms with E-state index in [0.717, 1.165) is 10.6 Å². The zero-order valence-corrected chi connectivity index (χ0v) is 9.59. The van der Waals surface area contributed by atoms with Crippen LogP contribution in [-0.2, 0) is 4.79 Å². The lowest BCUT2D eigenvalue weighted by Gasteiger charge is -2.04. The molecule has 1 aliphatic rings. The van der Waals surface area contributed by atoms with Crippen molar-refractivity contribution in [2.75, 3.05) is 5.32 Å². The van der Waals surface area contributed by atoms with Gasteiger partial charge in [-0.05, 0) is 12.1 Å². The molecule has 1 aromatic carbocycles. The Hall–Kier alpha value is -0.380. The van der Waals surface area contributed by atoms with E-state index in [9.17, 15) is 4.79 Å². The lowest BCUT2D eigenvalue weighted by molar-refractivity contribution is -0.115. The minimum atomic E-state index is -0.163. The van der Waals surface area contributed by atoms with Crippen molar-refractivity contribution in [2.45, 2.75) is 16.0 Å². The number of benzene rings is 1. The van der Waals surface area contributed by atoms with Crippen LogP contribution in [0.4, 0.5) is 5.69 Å². The Morgan fingerprint density at radius 2 is 2.14 bits per heavy atom. The van der Waals surface area contributed by atoms with Crippen LogP contribution in [0.25, 0.3) is 0 Å². The summed E-state index contributed by atoms with van der Waals surface area (Å²) in [5.74, 6) is -0.0162. The van der Waals surface area contributed by atoms with Gasteiger partial charge in [0.25, 0.3) is 0 Å². The first kappa shape index (κ1) is 11.7. The second kappa shape index (κ2) is 4.91. The number of carbonyl (C=O) groups excluding carboxylic acids is 1. The summed E-state index contributed by atoms with van der Waals surface area (Å²) in [6.45, 7) is 0. The molecule has 0 radical (unpaired) electrons. The van der Waals surface area contributed by atoms with E-state index >= 15 is 0 Å². The Balaban J connectivity index is 0.000000980. The Labute approximate surface area is 97.8 Å². The van der Waals surface area contributed by atoms with Crippen LogP contribution in [0.3, 0.4) is 0 Å². The van der Waals surface area contributed by atoms with Gasteiger partial charge in [0.2, 0.25) is 5.91 Å². The van der Waals surface area contributed by atoms with Gasteiger partial charge in [-0.15, -0.1) is 35.8 Å². The molecule has 2 nitrogen and oxygen atoms in total. The molecule has 1 unspecified atom stereocenters. The van der Waals surface area contributed by atoms with Crippen molar-refractivity contribution in [3.8, 4) is 0 Å². The maximum absolute atomic E-state index is 11.2. The Morgan fingerprint density at radius 3 is 2.93 bits per heavy atom. The first-order chi connectivity index (χ1) is 6.25. The predicted octanol–water partition coefficient (Wildman–Crippen LogP) is 3.11. The SMILES string of the molecule is Cl.O=C1CC(Cl)Sc2ccccc2N1. The van der Waals surface area contributed by atoms with Gasteiger partial charge in [0.1, 0.15) is 0 Å². The number of carbonyl (C=O) groups is 1. The van der Waals surface area contributed by atoms with E-state index in [2.05, 4.69) is 5.32 Å². The van der Waals surface area contributed by atoms with E-state index < -0.39 is 0 Å². The van der Waals surface area contributed by atoms with Crippen molar-refractivity contribution < 1.29 is 4.79 Å². The zero-order valence-electron chi connectivity index (χ0n) is 7.20. The summed E-state index contributed by atoms with van der Waals surface area (Å²) >= 11 is 7.46. The average Bonchev–Trinajstić information content (AvgIpc) is 2.20. The topological polar surface area (TPSA) is 29.1 Å². The van der Waals surface area contributed by atoms with E-state index in [4.69, 9.17) is 11.6 Å². The molecule has 0 saturated heterocycles. The van der Waals surface area contributed by atoms with Crippen molar-refractivity contribution in [1.29, 1.82) is 0 Å². The number of nitrogens with one attached hydrogen (secondary N) is 1. The Morgan fingerprint density at radius 1 is 1.43 bits per heavy atom. The summed E-state index contributed by atoms with van der Waals surface area (Å²) in [6.07, 6.45) is 0.362. The number of halogens is 2. The van der Waals surface area contributed by atoms with Crippen molar-refractivity contribution in [3.05, 3.63) is 24.3 Å². The highest BCUT2D eigenvalue weighted by molar-refractivity contribution is 8.01. The van der Waals surface area contributed by atoms with Crippen LogP contribution in [0.1, 0.15) is 6.42 Å². The Kier molecular flexibility index (Phi) is 4.11. The van der Waals surface area contributed by atoms with Gasteiger partial charge in [0, 0.05) is 4.90 Å². The second-order valence-electron chi connectivity index (χ2n) is 2.78. The molecule has 2 rings (SSSR count). The van der Waals surface area contributed by atoms with Crippen molar-refractivity contribution in [3.63, 3.8) is 0 Å². The molecule has 14 heavy (non-hydrogen) atoms. The number of fused-ring (bicyclic) bond motifs is 1. The molecule has 5 heteroatoms. The van der Waals surface area contributed by atoms with Crippen molar-refractivity contribution in [1.82, 2.24) is 0 Å². The van der Waals surface area contributed by atoms with Gasteiger partial charge in [-0.3, -0.25) is 4.79 Å². The quantitative estimate of drug-likeness (QED) is 0.717. The highest BCUT2D eigenvalue weighted by Gasteiger charge is 2.19. The summed E-state index contributed by atoms with van der Waals surface area (Å²) in [5.41, 5.74) is 0.862. The van der Waals surface area contributed by atoms with Gasteiger partial charge < -0.3 is 5.32 Å². The highest BCUT2D eigenvalue weighted by Crippen LogP contribution is 2.36. The molecular formula is C9H9Cl2NOS. The van der Waals surface area contributed by atoms with Crippen LogP contribution in [0.15, 0.2) is 29.2 Å². The van der Waals surface area contributed by atoms with Gasteiger partial charge in [-0.2, -0.15) is 0 Å². The number of amides is 1. The fourth-order valence-corrected chi connectivity index (χ4v) is 2.54. The summed E-state index contributed by atoms with van der Waals surface area (Å²) < 4.78 is -0.163. The number of para-hydroxylation sites is 1. The molecule has 0 bridgehead atoms. The van der Waals surface area contributed by atoms with Gasteiger partial charge in [-0.1, -0.05) is 12.1 Å². The van der Waals surface area contributed by atoms with Crippen LogP contribution in [0.2, 0.25) is 0 Å². The molecular weight excluding hydrogens is 241 g/mol. The number of hydrogen-bond donors (Lipinski definition) is 1. The van der Waals surface area contributed by atoms with E-state index in [1.54, 1.807) is 0 Å². The molecule has 1 aliphatic heterocycles. The van der Waals surface area contributed by atoms with Gasteiger partial charge in [-0.25, -0.2) is 0 Å². The molecule has 0 aliphatic carbocycles. The molecule has 0 aromatic heterocycles. The maximum atomic E-state index is 11.2. The Bertz CT molecular complexity index is 345. The number of alkyl halides is 1. The highest BCUT2D eigenvalue weighted by atomic mass is 35.5. The molecule has 0 fully saturated rings. The molecule has 1 aromatic rings. The second-order valence-corrected chi connectivity index (χ2v) is 4.81. The molecule has 0 saturated carbocycles. The number of anilines is 1. The fourth-order valence-electron chi connectivity index (χ4n) is 1.20. The molecule has 1 atom stereocenters. The van der Waals surface area contributed by atoms with Crippen molar-refractivity contribution in [2.24, 2.45) is 0 Å². The fraction of sp³-hybridized carbons (Fsp3) is 0.222. The lowest BCUT2D eigenvalue weighted by atomic mass is 10.3. The summed E-state index contributed by atoms with van der Waals surface area (Å²) in [4.78, 5) is 12.3. The van der Waals surface area contributed by atoms with E-state index in [1.165, 1.54) is 11.8 Å². The number of hydrogen-bond acceptors (Lipinski definition) is 2. The van der Waals surface area contributed by atoms with E-state index in [-0.39, 0.29) is 23.0 Å². The van der Waals surface area contributed by atoms with Crippen LogP contribution >= 0.6 is 35.8 Å².